The van der Waals surface area contributed by atoms with Crippen LogP contribution in [0.25, 0.3) is 5.57 Å². The summed E-state index contributed by atoms with van der Waals surface area (Å²) in [6.45, 7) is 2.22. The van der Waals surface area contributed by atoms with Gasteiger partial charge in [-0.15, -0.1) is 0 Å². The molecule has 0 bridgehead atoms. The highest BCUT2D eigenvalue weighted by Crippen LogP contribution is 2.36. The quantitative estimate of drug-likeness (QED) is 0.892. The Bertz CT molecular complexity index is 872. The lowest BCUT2D eigenvalue weighted by molar-refractivity contribution is 0.329. The van der Waals surface area contributed by atoms with Gasteiger partial charge in [-0.2, -0.15) is 0 Å². The van der Waals surface area contributed by atoms with E-state index in [4.69, 9.17) is 4.98 Å². The fourth-order valence-electron chi connectivity index (χ4n) is 3.61. The second-order valence-corrected chi connectivity index (χ2v) is 6.55. The second kappa shape index (κ2) is 6.24. The van der Waals surface area contributed by atoms with Gasteiger partial charge in [-0.05, 0) is 37.0 Å². The van der Waals surface area contributed by atoms with Crippen LogP contribution in [0.1, 0.15) is 31.0 Å². The molecule has 2 N–H and O–H groups in total. The molecule has 0 radical (unpaired) electrons. The van der Waals surface area contributed by atoms with E-state index < -0.39 is 0 Å². The minimum absolute atomic E-state index is 0.218. The molecule has 0 amide bonds. The van der Waals surface area contributed by atoms with Crippen molar-refractivity contribution >= 4 is 17.2 Å². The van der Waals surface area contributed by atoms with Gasteiger partial charge in [0, 0.05) is 42.3 Å². The highest BCUT2D eigenvalue weighted by Gasteiger charge is 2.27. The molecule has 2 aliphatic rings. The van der Waals surface area contributed by atoms with Gasteiger partial charge >= 0.3 is 0 Å². The Labute approximate surface area is 147 Å². The zero-order valence-corrected chi connectivity index (χ0v) is 14.5. The number of allylic oxidation sites excluding steroid dienone is 3. The summed E-state index contributed by atoms with van der Waals surface area (Å²) < 4.78 is 0. The van der Waals surface area contributed by atoms with Crippen LogP contribution >= 0.6 is 0 Å². The van der Waals surface area contributed by atoms with Gasteiger partial charge in [0.1, 0.15) is 5.75 Å². The van der Waals surface area contributed by atoms with Gasteiger partial charge < -0.3 is 15.3 Å². The Morgan fingerprint density at radius 3 is 3.00 bits per heavy atom. The molecule has 0 saturated carbocycles. The molecular formula is C20H22N4O. The van der Waals surface area contributed by atoms with E-state index in [1.54, 1.807) is 18.2 Å². The van der Waals surface area contributed by atoms with Gasteiger partial charge in [0.25, 0.3) is 0 Å². The molecule has 1 aromatic heterocycles. The van der Waals surface area contributed by atoms with Crippen LogP contribution in [-0.4, -0.2) is 33.1 Å². The Morgan fingerprint density at radius 2 is 2.20 bits per heavy atom. The van der Waals surface area contributed by atoms with Crippen LogP contribution < -0.4 is 5.32 Å². The van der Waals surface area contributed by atoms with Crippen molar-refractivity contribution in [1.82, 2.24) is 14.9 Å². The predicted octanol–water partition coefficient (Wildman–Crippen LogP) is 3.86. The highest BCUT2D eigenvalue weighted by atomic mass is 16.3. The SMILES string of the molecule is CCC1C=CC2=C(CCc3cnc(Nc4cccc(O)c4)nc32)N1C. The minimum Gasteiger partial charge on any atom is -0.508 e. The van der Waals surface area contributed by atoms with Crippen molar-refractivity contribution in [2.24, 2.45) is 0 Å². The van der Waals surface area contributed by atoms with Crippen molar-refractivity contribution in [1.29, 1.82) is 0 Å². The number of aromatic nitrogens is 2. The molecular weight excluding hydrogens is 312 g/mol. The summed E-state index contributed by atoms with van der Waals surface area (Å²) in [6.07, 6.45) is 9.49. The molecule has 2 heterocycles. The normalized spacial score (nSPS) is 18.8. The van der Waals surface area contributed by atoms with Crippen molar-refractivity contribution in [2.45, 2.75) is 32.2 Å². The topological polar surface area (TPSA) is 61.3 Å². The van der Waals surface area contributed by atoms with Crippen LogP contribution in [-0.2, 0) is 6.42 Å². The van der Waals surface area contributed by atoms with Gasteiger partial charge in [-0.25, -0.2) is 9.97 Å². The third-order valence-electron chi connectivity index (χ3n) is 4.99. The number of hydrogen-bond acceptors (Lipinski definition) is 5. The number of anilines is 2. The second-order valence-electron chi connectivity index (χ2n) is 6.55. The van der Waals surface area contributed by atoms with Gasteiger partial charge in [-0.1, -0.05) is 25.1 Å². The van der Waals surface area contributed by atoms with Gasteiger partial charge in [0.05, 0.1) is 5.69 Å². The molecule has 1 unspecified atom stereocenters. The first-order valence-electron chi connectivity index (χ1n) is 8.72. The van der Waals surface area contributed by atoms with Crippen LogP contribution in [0.2, 0.25) is 0 Å². The number of nitrogens with zero attached hydrogens (tertiary/aromatic N) is 3. The average molecular weight is 334 g/mol. The standard InChI is InChI=1S/C20H22N4O/c1-3-15-8-9-17-18(24(15)2)10-7-13-12-21-20(23-19(13)17)22-14-5-4-6-16(25)11-14/h4-6,8-9,11-12,15,25H,3,7,10H2,1-2H3,(H,21,22,23). The van der Waals surface area contributed by atoms with E-state index in [1.165, 1.54) is 16.8 Å². The summed E-state index contributed by atoms with van der Waals surface area (Å²) in [4.78, 5) is 11.6. The van der Waals surface area contributed by atoms with Gasteiger partial charge in [0.2, 0.25) is 5.95 Å². The van der Waals surface area contributed by atoms with Crippen LogP contribution in [0.5, 0.6) is 5.75 Å². The number of rotatable bonds is 3. The molecule has 5 nitrogen and oxygen atoms in total. The molecule has 0 fully saturated rings. The summed E-state index contributed by atoms with van der Waals surface area (Å²) in [7, 11) is 2.17. The molecule has 0 saturated heterocycles. The molecule has 128 valence electrons. The number of benzene rings is 1. The molecule has 25 heavy (non-hydrogen) atoms. The summed E-state index contributed by atoms with van der Waals surface area (Å²) in [5, 5.41) is 12.8. The maximum atomic E-state index is 9.61. The zero-order valence-electron chi connectivity index (χ0n) is 14.5. The first-order chi connectivity index (χ1) is 12.2. The van der Waals surface area contributed by atoms with E-state index in [0.29, 0.717) is 12.0 Å². The molecule has 1 aromatic carbocycles. The van der Waals surface area contributed by atoms with Crippen LogP contribution in [0, 0.1) is 0 Å². The van der Waals surface area contributed by atoms with E-state index in [2.05, 4.69) is 41.3 Å². The molecule has 1 aliphatic heterocycles. The third kappa shape index (κ3) is 2.86. The lowest BCUT2D eigenvalue weighted by atomic mass is 9.89. The number of aromatic hydroxyl groups is 1. The van der Waals surface area contributed by atoms with Crippen molar-refractivity contribution < 1.29 is 5.11 Å². The number of likely N-dealkylation sites (N-methyl/N-ethyl adjacent to an activating group) is 1. The first-order valence-corrected chi connectivity index (χ1v) is 8.72. The lowest BCUT2D eigenvalue weighted by Gasteiger charge is -2.36. The highest BCUT2D eigenvalue weighted by molar-refractivity contribution is 5.79. The Balaban J connectivity index is 1.69. The smallest absolute Gasteiger partial charge is 0.227 e. The fraction of sp³-hybridized carbons (Fsp3) is 0.300. The largest absolute Gasteiger partial charge is 0.508 e. The molecule has 4 rings (SSSR count). The van der Waals surface area contributed by atoms with E-state index in [9.17, 15) is 5.11 Å². The molecule has 0 spiro atoms. The van der Waals surface area contributed by atoms with Crippen molar-refractivity contribution in [3.05, 3.63) is 59.6 Å². The maximum absolute atomic E-state index is 9.61. The molecule has 1 aliphatic carbocycles. The summed E-state index contributed by atoms with van der Waals surface area (Å²) >= 11 is 0. The maximum Gasteiger partial charge on any atom is 0.227 e. The van der Waals surface area contributed by atoms with Crippen LogP contribution in [0.15, 0.2) is 48.3 Å². The van der Waals surface area contributed by atoms with E-state index in [-0.39, 0.29) is 5.75 Å². The van der Waals surface area contributed by atoms with Crippen LogP contribution in [0.3, 0.4) is 0 Å². The van der Waals surface area contributed by atoms with Crippen LogP contribution in [0.4, 0.5) is 11.6 Å². The summed E-state index contributed by atoms with van der Waals surface area (Å²) in [5.74, 6) is 0.766. The van der Waals surface area contributed by atoms with Crippen molar-refractivity contribution in [2.75, 3.05) is 12.4 Å². The number of nitrogens with one attached hydrogen (secondary N) is 1. The Morgan fingerprint density at radius 1 is 1.32 bits per heavy atom. The van der Waals surface area contributed by atoms with Gasteiger partial charge in [-0.3, -0.25) is 0 Å². The third-order valence-corrected chi connectivity index (χ3v) is 4.99. The van der Waals surface area contributed by atoms with Gasteiger partial charge in [0.15, 0.2) is 0 Å². The Kier molecular flexibility index (Phi) is 3.92. The fourth-order valence-corrected chi connectivity index (χ4v) is 3.61. The van der Waals surface area contributed by atoms with E-state index in [1.807, 2.05) is 12.3 Å². The van der Waals surface area contributed by atoms with E-state index in [0.717, 1.165) is 30.6 Å². The zero-order chi connectivity index (χ0) is 17.4. The number of aryl methyl sites for hydroxylation is 1. The first kappa shape index (κ1) is 15.7. The number of phenolic OH excluding ortho intramolecular Hbond substituents is 1. The molecule has 1 atom stereocenters. The van der Waals surface area contributed by atoms with Crippen molar-refractivity contribution in [3.63, 3.8) is 0 Å². The monoisotopic (exact) mass is 334 g/mol. The van der Waals surface area contributed by atoms with Crippen molar-refractivity contribution in [3.8, 4) is 5.75 Å². The number of fused-ring (bicyclic) bond motifs is 2. The Hall–Kier alpha value is -2.82. The lowest BCUT2D eigenvalue weighted by Crippen LogP contribution is -2.33. The predicted molar refractivity (Wildman–Crippen MR) is 99.6 cm³/mol. The summed E-state index contributed by atoms with van der Waals surface area (Å²) in [5.41, 5.74) is 5.54. The minimum atomic E-state index is 0.218. The molecule has 2 aromatic rings. The summed E-state index contributed by atoms with van der Waals surface area (Å²) in [6, 6.07) is 7.44. The number of phenols is 1. The average Bonchev–Trinajstić information content (AvgIpc) is 2.62. The van der Waals surface area contributed by atoms with E-state index >= 15 is 0 Å². The molecule has 5 heteroatoms. The number of hydrogen-bond donors (Lipinski definition) is 2.